The Morgan fingerprint density at radius 1 is 1.00 bits per heavy atom. The van der Waals surface area contributed by atoms with Crippen molar-refractivity contribution in [2.45, 2.75) is 33.1 Å². The summed E-state index contributed by atoms with van der Waals surface area (Å²) in [7, 11) is 0. The van der Waals surface area contributed by atoms with Crippen LogP contribution in [0.1, 0.15) is 38.7 Å². The average molecular weight is 294 g/mol. The monoisotopic (exact) mass is 294 g/mol. The molecule has 0 saturated heterocycles. The normalized spacial score (nSPS) is 10.3. The van der Waals surface area contributed by atoms with Crippen molar-refractivity contribution in [2.75, 3.05) is 19.8 Å². The number of benzene rings is 1. The van der Waals surface area contributed by atoms with E-state index in [9.17, 15) is 9.59 Å². The Morgan fingerprint density at radius 2 is 1.57 bits per heavy atom. The van der Waals surface area contributed by atoms with Crippen LogP contribution >= 0.6 is 0 Å². The molecule has 0 aliphatic heterocycles. The second-order valence-corrected chi connectivity index (χ2v) is 4.32. The van der Waals surface area contributed by atoms with Crippen molar-refractivity contribution in [1.29, 1.82) is 0 Å². The fourth-order valence-electron chi connectivity index (χ4n) is 1.86. The molecule has 0 aliphatic rings. The van der Waals surface area contributed by atoms with Gasteiger partial charge < -0.3 is 14.2 Å². The average Bonchev–Trinajstić information content (AvgIpc) is 2.47. The Bertz CT molecular complexity index is 451. The number of ether oxygens (including phenoxy) is 3. The Morgan fingerprint density at radius 3 is 2.10 bits per heavy atom. The second kappa shape index (κ2) is 9.00. The van der Waals surface area contributed by atoms with E-state index >= 15 is 0 Å². The lowest BCUT2D eigenvalue weighted by Gasteiger charge is -2.18. The molecule has 0 atom stereocenters. The van der Waals surface area contributed by atoms with Crippen molar-refractivity contribution in [3.8, 4) is 5.75 Å². The van der Waals surface area contributed by atoms with Gasteiger partial charge in [0.15, 0.2) is 5.92 Å². The molecule has 21 heavy (non-hydrogen) atoms. The molecule has 5 heteroatoms. The molecular weight excluding hydrogens is 272 g/mol. The van der Waals surface area contributed by atoms with Gasteiger partial charge in [0, 0.05) is 5.56 Å². The summed E-state index contributed by atoms with van der Waals surface area (Å²) in [5.74, 6) is -1.85. The zero-order valence-electron chi connectivity index (χ0n) is 12.8. The van der Waals surface area contributed by atoms with E-state index in [1.54, 1.807) is 38.1 Å². The molecule has 0 unspecified atom stereocenters. The summed E-state index contributed by atoms with van der Waals surface area (Å²) in [4.78, 5) is 24.2. The third-order valence-electron chi connectivity index (χ3n) is 2.74. The van der Waals surface area contributed by atoms with E-state index in [1.807, 2.05) is 6.92 Å². The van der Waals surface area contributed by atoms with E-state index in [4.69, 9.17) is 14.2 Å². The van der Waals surface area contributed by atoms with Gasteiger partial charge in [0.2, 0.25) is 0 Å². The number of rotatable bonds is 8. The molecule has 1 aromatic rings. The highest BCUT2D eigenvalue weighted by molar-refractivity contribution is 6.01. The highest BCUT2D eigenvalue weighted by Gasteiger charge is 2.33. The van der Waals surface area contributed by atoms with Crippen LogP contribution in [0.15, 0.2) is 24.3 Å². The Labute approximate surface area is 125 Å². The second-order valence-electron chi connectivity index (χ2n) is 4.32. The molecule has 0 amide bonds. The number of hydrogen-bond donors (Lipinski definition) is 0. The number of hydrogen-bond acceptors (Lipinski definition) is 5. The van der Waals surface area contributed by atoms with Crippen molar-refractivity contribution >= 4 is 11.9 Å². The fraction of sp³-hybridized carbons (Fsp3) is 0.500. The van der Waals surface area contributed by atoms with Gasteiger partial charge in [-0.05, 0) is 26.3 Å². The Balaban J connectivity index is 3.12. The molecule has 1 rings (SSSR count). The quantitative estimate of drug-likeness (QED) is 0.545. The molecule has 1 aromatic carbocycles. The summed E-state index contributed by atoms with van der Waals surface area (Å²) < 4.78 is 15.6. The minimum Gasteiger partial charge on any atom is -0.493 e. The first-order valence-corrected chi connectivity index (χ1v) is 7.20. The van der Waals surface area contributed by atoms with Gasteiger partial charge in [-0.15, -0.1) is 0 Å². The smallest absolute Gasteiger partial charge is 0.325 e. The van der Waals surface area contributed by atoms with E-state index in [2.05, 4.69) is 0 Å². The first kappa shape index (κ1) is 17.0. The third kappa shape index (κ3) is 4.77. The molecule has 0 aliphatic carbocycles. The van der Waals surface area contributed by atoms with Crippen LogP contribution in [0.5, 0.6) is 5.75 Å². The van der Waals surface area contributed by atoms with Crippen molar-refractivity contribution in [1.82, 2.24) is 0 Å². The van der Waals surface area contributed by atoms with Crippen LogP contribution in [0.25, 0.3) is 0 Å². The fourth-order valence-corrected chi connectivity index (χ4v) is 1.86. The molecule has 0 N–H and O–H groups in total. The summed E-state index contributed by atoms with van der Waals surface area (Å²) >= 11 is 0. The van der Waals surface area contributed by atoms with Gasteiger partial charge in [-0.2, -0.15) is 0 Å². The molecule has 0 bridgehead atoms. The van der Waals surface area contributed by atoms with Crippen LogP contribution in [-0.2, 0) is 19.1 Å². The van der Waals surface area contributed by atoms with Crippen LogP contribution in [-0.4, -0.2) is 31.8 Å². The zero-order chi connectivity index (χ0) is 15.7. The van der Waals surface area contributed by atoms with Gasteiger partial charge in [0.05, 0.1) is 19.8 Å². The topological polar surface area (TPSA) is 61.8 Å². The molecule has 5 nitrogen and oxygen atoms in total. The van der Waals surface area contributed by atoms with Crippen LogP contribution in [0.2, 0.25) is 0 Å². The summed E-state index contributed by atoms with van der Waals surface area (Å²) in [6.07, 6.45) is 0.831. The molecule has 0 aromatic heterocycles. The van der Waals surface area contributed by atoms with Crippen LogP contribution in [0.3, 0.4) is 0 Å². The van der Waals surface area contributed by atoms with Crippen molar-refractivity contribution in [3.63, 3.8) is 0 Å². The largest absolute Gasteiger partial charge is 0.493 e. The van der Waals surface area contributed by atoms with E-state index in [-0.39, 0.29) is 13.2 Å². The molecule has 116 valence electrons. The number of carbonyl (C=O) groups excluding carboxylic acids is 2. The van der Waals surface area contributed by atoms with Crippen LogP contribution < -0.4 is 4.74 Å². The predicted molar refractivity (Wildman–Crippen MR) is 78.2 cm³/mol. The van der Waals surface area contributed by atoms with Gasteiger partial charge in [-0.25, -0.2) is 0 Å². The summed E-state index contributed by atoms with van der Waals surface area (Å²) in [6.45, 7) is 6.28. The van der Waals surface area contributed by atoms with E-state index in [0.717, 1.165) is 6.42 Å². The number of esters is 2. The van der Waals surface area contributed by atoms with Crippen LogP contribution in [0, 0.1) is 0 Å². The van der Waals surface area contributed by atoms with Gasteiger partial charge in [-0.1, -0.05) is 25.1 Å². The first-order valence-electron chi connectivity index (χ1n) is 7.20. The lowest BCUT2D eigenvalue weighted by atomic mass is 9.98. The maximum absolute atomic E-state index is 12.1. The maximum atomic E-state index is 12.1. The van der Waals surface area contributed by atoms with Gasteiger partial charge in [0.1, 0.15) is 5.75 Å². The SMILES string of the molecule is CCCOc1ccccc1C(C(=O)OCC)C(=O)OCC. The van der Waals surface area contributed by atoms with E-state index in [0.29, 0.717) is 17.9 Å². The molecule has 0 saturated carbocycles. The van der Waals surface area contributed by atoms with E-state index < -0.39 is 17.9 Å². The number of carbonyl (C=O) groups is 2. The van der Waals surface area contributed by atoms with Gasteiger partial charge in [-0.3, -0.25) is 9.59 Å². The number of para-hydroxylation sites is 1. The Kier molecular flexibility index (Phi) is 7.29. The lowest BCUT2D eigenvalue weighted by Crippen LogP contribution is -2.26. The van der Waals surface area contributed by atoms with E-state index in [1.165, 1.54) is 0 Å². The molecule has 0 radical (unpaired) electrons. The molecule has 0 fully saturated rings. The van der Waals surface area contributed by atoms with Gasteiger partial charge >= 0.3 is 11.9 Å². The lowest BCUT2D eigenvalue weighted by molar-refractivity contribution is -0.157. The molecular formula is C16H22O5. The standard InChI is InChI=1S/C16H22O5/c1-4-11-21-13-10-8-7-9-12(13)14(15(17)19-5-2)16(18)20-6-3/h7-10,14H,4-6,11H2,1-3H3. The van der Waals surface area contributed by atoms with Gasteiger partial charge in [0.25, 0.3) is 0 Å². The highest BCUT2D eigenvalue weighted by Crippen LogP contribution is 2.29. The Hall–Kier alpha value is -2.04. The molecule has 0 spiro atoms. The minimum atomic E-state index is -1.11. The maximum Gasteiger partial charge on any atom is 0.325 e. The van der Waals surface area contributed by atoms with Crippen LogP contribution in [0.4, 0.5) is 0 Å². The summed E-state index contributed by atoms with van der Waals surface area (Å²) in [5.41, 5.74) is 0.475. The predicted octanol–water partition coefficient (Wildman–Crippen LogP) is 2.69. The van der Waals surface area contributed by atoms with Crippen molar-refractivity contribution in [2.24, 2.45) is 0 Å². The minimum absolute atomic E-state index is 0.201. The van der Waals surface area contributed by atoms with Crippen molar-refractivity contribution in [3.05, 3.63) is 29.8 Å². The first-order chi connectivity index (χ1) is 10.2. The third-order valence-corrected chi connectivity index (χ3v) is 2.74. The zero-order valence-corrected chi connectivity index (χ0v) is 12.8. The summed E-state index contributed by atoms with van der Waals surface area (Å²) in [5, 5.41) is 0. The molecule has 0 heterocycles. The summed E-state index contributed by atoms with van der Waals surface area (Å²) in [6, 6.07) is 6.96. The highest BCUT2D eigenvalue weighted by atomic mass is 16.6. The van der Waals surface area contributed by atoms with Crippen molar-refractivity contribution < 1.29 is 23.8 Å².